The van der Waals surface area contributed by atoms with Gasteiger partial charge in [-0.05, 0) is 25.5 Å². The topological polar surface area (TPSA) is 77.6 Å². The van der Waals surface area contributed by atoms with Crippen LogP contribution in [0.5, 0.6) is 0 Å². The quantitative estimate of drug-likeness (QED) is 0.781. The highest BCUT2D eigenvalue weighted by Crippen LogP contribution is 2.23. The minimum Gasteiger partial charge on any atom is -0.309 e. The van der Waals surface area contributed by atoms with Gasteiger partial charge in [-0.15, -0.1) is 5.10 Å². The van der Waals surface area contributed by atoms with Crippen molar-refractivity contribution in [1.82, 2.24) is 24.8 Å². The number of nitrogens with zero attached hydrogens (tertiary/aromatic N) is 5. The first-order valence-corrected chi connectivity index (χ1v) is 7.47. The Morgan fingerprint density at radius 2 is 2.04 bits per heavy atom. The summed E-state index contributed by atoms with van der Waals surface area (Å²) in [4.78, 5) is 12.3. The summed E-state index contributed by atoms with van der Waals surface area (Å²) in [6, 6.07) is 9.75. The third-order valence-corrected chi connectivity index (χ3v) is 3.59. The maximum Gasteiger partial charge on any atom is 0.247 e. The summed E-state index contributed by atoms with van der Waals surface area (Å²) in [6.45, 7) is 4.13. The molecular weight excluding hydrogens is 292 g/mol. The Hall–Kier alpha value is -2.96. The predicted octanol–water partition coefficient (Wildman–Crippen LogP) is 1.97. The average molecular weight is 310 g/mol. The summed E-state index contributed by atoms with van der Waals surface area (Å²) in [5, 5.41) is 15.1. The second-order valence-electron chi connectivity index (χ2n) is 5.17. The SMILES string of the molecule is CCc1nn(-c2ccccc2)c(NC(=O)Cn2ccnn2)c1C. The molecule has 0 fully saturated rings. The van der Waals surface area contributed by atoms with Crippen molar-refractivity contribution >= 4 is 11.7 Å². The van der Waals surface area contributed by atoms with E-state index in [1.165, 1.54) is 4.68 Å². The molecule has 3 aromatic rings. The van der Waals surface area contributed by atoms with E-state index in [9.17, 15) is 4.79 Å². The van der Waals surface area contributed by atoms with E-state index in [0.29, 0.717) is 5.82 Å². The van der Waals surface area contributed by atoms with E-state index in [-0.39, 0.29) is 12.5 Å². The molecule has 0 aliphatic carbocycles. The molecule has 1 aromatic carbocycles. The van der Waals surface area contributed by atoms with Gasteiger partial charge in [0, 0.05) is 11.8 Å². The maximum absolute atomic E-state index is 12.3. The van der Waals surface area contributed by atoms with E-state index in [4.69, 9.17) is 0 Å². The van der Waals surface area contributed by atoms with Gasteiger partial charge in [0.1, 0.15) is 12.4 Å². The van der Waals surface area contributed by atoms with Crippen LogP contribution in [0.3, 0.4) is 0 Å². The van der Waals surface area contributed by atoms with Gasteiger partial charge >= 0.3 is 0 Å². The van der Waals surface area contributed by atoms with Crippen LogP contribution in [0, 0.1) is 6.92 Å². The van der Waals surface area contributed by atoms with E-state index < -0.39 is 0 Å². The molecule has 118 valence electrons. The third-order valence-electron chi connectivity index (χ3n) is 3.59. The molecule has 0 saturated heterocycles. The minimum absolute atomic E-state index is 0.112. The van der Waals surface area contributed by atoms with Gasteiger partial charge in [-0.2, -0.15) is 5.10 Å². The van der Waals surface area contributed by atoms with Crippen LogP contribution in [-0.4, -0.2) is 30.7 Å². The minimum atomic E-state index is -0.168. The number of hydrogen-bond acceptors (Lipinski definition) is 4. The van der Waals surface area contributed by atoms with Gasteiger partial charge in [0.25, 0.3) is 0 Å². The van der Waals surface area contributed by atoms with Crippen molar-refractivity contribution in [2.45, 2.75) is 26.8 Å². The summed E-state index contributed by atoms with van der Waals surface area (Å²) in [5.74, 6) is 0.525. The van der Waals surface area contributed by atoms with Gasteiger partial charge in [0.05, 0.1) is 17.6 Å². The molecule has 1 N–H and O–H groups in total. The smallest absolute Gasteiger partial charge is 0.247 e. The number of nitrogens with one attached hydrogen (secondary N) is 1. The van der Waals surface area contributed by atoms with Crippen molar-refractivity contribution in [1.29, 1.82) is 0 Å². The Morgan fingerprint density at radius 3 is 2.70 bits per heavy atom. The van der Waals surface area contributed by atoms with Gasteiger partial charge < -0.3 is 5.32 Å². The highest BCUT2D eigenvalue weighted by atomic mass is 16.2. The summed E-state index contributed by atoms with van der Waals surface area (Å²) in [6.07, 6.45) is 4.00. The Kier molecular flexibility index (Phi) is 4.18. The maximum atomic E-state index is 12.3. The fourth-order valence-electron chi connectivity index (χ4n) is 2.42. The third kappa shape index (κ3) is 3.13. The van der Waals surface area contributed by atoms with Crippen molar-refractivity contribution in [2.24, 2.45) is 0 Å². The fourth-order valence-corrected chi connectivity index (χ4v) is 2.42. The zero-order chi connectivity index (χ0) is 16.2. The number of aryl methyl sites for hydroxylation is 1. The van der Waals surface area contributed by atoms with Crippen LogP contribution >= 0.6 is 0 Å². The number of para-hydroxylation sites is 1. The number of rotatable bonds is 5. The largest absolute Gasteiger partial charge is 0.309 e. The second kappa shape index (κ2) is 6.43. The van der Waals surface area contributed by atoms with Crippen LogP contribution in [0.4, 0.5) is 5.82 Å². The van der Waals surface area contributed by atoms with Gasteiger partial charge in [0.2, 0.25) is 5.91 Å². The molecule has 23 heavy (non-hydrogen) atoms. The molecule has 0 saturated carbocycles. The van der Waals surface area contributed by atoms with Crippen molar-refractivity contribution < 1.29 is 4.79 Å². The van der Waals surface area contributed by atoms with Gasteiger partial charge in [-0.1, -0.05) is 30.3 Å². The van der Waals surface area contributed by atoms with Crippen molar-refractivity contribution in [2.75, 3.05) is 5.32 Å². The van der Waals surface area contributed by atoms with E-state index in [1.54, 1.807) is 17.1 Å². The number of hydrogen-bond donors (Lipinski definition) is 1. The van der Waals surface area contributed by atoms with Gasteiger partial charge in [0.15, 0.2) is 0 Å². The molecule has 2 aromatic heterocycles. The Balaban J connectivity index is 1.91. The lowest BCUT2D eigenvalue weighted by atomic mass is 10.2. The zero-order valence-electron chi connectivity index (χ0n) is 13.1. The van der Waals surface area contributed by atoms with E-state index >= 15 is 0 Å². The van der Waals surface area contributed by atoms with E-state index in [1.807, 2.05) is 44.2 Å². The number of amides is 1. The normalized spacial score (nSPS) is 10.7. The molecule has 0 spiro atoms. The van der Waals surface area contributed by atoms with Crippen LogP contribution in [0.2, 0.25) is 0 Å². The van der Waals surface area contributed by atoms with Gasteiger partial charge in [-0.3, -0.25) is 4.79 Å². The first kappa shape index (κ1) is 15.0. The molecule has 3 rings (SSSR count). The first-order chi connectivity index (χ1) is 11.2. The van der Waals surface area contributed by atoms with Crippen LogP contribution < -0.4 is 5.32 Å². The van der Waals surface area contributed by atoms with Crippen LogP contribution in [0.1, 0.15) is 18.2 Å². The van der Waals surface area contributed by atoms with Crippen LogP contribution in [0.15, 0.2) is 42.7 Å². The summed E-state index contributed by atoms with van der Waals surface area (Å²) in [7, 11) is 0. The predicted molar refractivity (Wildman–Crippen MR) is 86.3 cm³/mol. The number of carbonyl (C=O) groups excluding carboxylic acids is 1. The number of anilines is 1. The number of aromatic nitrogens is 5. The first-order valence-electron chi connectivity index (χ1n) is 7.47. The second-order valence-corrected chi connectivity index (χ2v) is 5.17. The standard InChI is InChI=1S/C16H18N6O/c1-3-14-12(2)16(18-15(23)11-21-10-9-17-20-21)22(19-14)13-7-5-4-6-8-13/h4-10H,3,11H2,1-2H3,(H,18,23). The molecule has 0 bridgehead atoms. The fraction of sp³-hybridized carbons (Fsp3) is 0.250. The zero-order valence-corrected chi connectivity index (χ0v) is 13.1. The van der Waals surface area contributed by atoms with Gasteiger partial charge in [-0.25, -0.2) is 9.36 Å². The lowest BCUT2D eigenvalue weighted by molar-refractivity contribution is -0.117. The molecule has 7 nitrogen and oxygen atoms in total. The molecule has 1 amide bonds. The Morgan fingerprint density at radius 1 is 1.26 bits per heavy atom. The Labute approximate surface area is 133 Å². The lowest BCUT2D eigenvalue weighted by Crippen LogP contribution is -2.21. The van der Waals surface area contributed by atoms with Crippen molar-refractivity contribution in [3.8, 4) is 5.69 Å². The van der Waals surface area contributed by atoms with E-state index in [2.05, 4.69) is 20.7 Å². The Bertz CT molecular complexity index is 792. The average Bonchev–Trinajstić information content (AvgIpc) is 3.17. The number of carbonyl (C=O) groups is 1. The summed E-state index contributed by atoms with van der Waals surface area (Å²) < 4.78 is 3.25. The molecule has 0 aliphatic rings. The highest BCUT2D eigenvalue weighted by molar-refractivity contribution is 5.90. The summed E-state index contributed by atoms with van der Waals surface area (Å²) in [5.41, 5.74) is 2.85. The molecule has 0 radical (unpaired) electrons. The van der Waals surface area contributed by atoms with E-state index in [0.717, 1.165) is 23.4 Å². The lowest BCUT2D eigenvalue weighted by Gasteiger charge is -2.10. The molecule has 0 atom stereocenters. The molecular formula is C16H18N6O. The monoisotopic (exact) mass is 310 g/mol. The van der Waals surface area contributed by atoms with Crippen molar-refractivity contribution in [3.05, 3.63) is 54.0 Å². The highest BCUT2D eigenvalue weighted by Gasteiger charge is 2.17. The van der Waals surface area contributed by atoms with Crippen LogP contribution in [0.25, 0.3) is 5.69 Å². The number of benzene rings is 1. The van der Waals surface area contributed by atoms with Crippen molar-refractivity contribution in [3.63, 3.8) is 0 Å². The summed E-state index contributed by atoms with van der Waals surface area (Å²) >= 11 is 0. The molecule has 0 unspecified atom stereocenters. The molecule has 7 heteroatoms. The molecule has 0 aliphatic heterocycles. The molecule has 2 heterocycles. The van der Waals surface area contributed by atoms with Crippen LogP contribution in [-0.2, 0) is 17.8 Å².